The maximum atomic E-state index is 6.33. The highest BCUT2D eigenvalue weighted by Gasteiger charge is 2.42. The lowest BCUT2D eigenvalue weighted by atomic mass is 10.2. The Kier molecular flexibility index (Phi) is 4.01. The van der Waals surface area contributed by atoms with Gasteiger partial charge in [-0.25, -0.2) is 4.98 Å². The fourth-order valence-corrected chi connectivity index (χ4v) is 3.22. The number of nitrogen functional groups attached to an aromatic ring is 1. The summed E-state index contributed by atoms with van der Waals surface area (Å²) in [6.07, 6.45) is 1.80. The summed E-state index contributed by atoms with van der Waals surface area (Å²) in [5, 5.41) is 0.623. The predicted octanol–water partition coefficient (Wildman–Crippen LogP) is 2.92. The van der Waals surface area contributed by atoms with Crippen LogP contribution in [0.25, 0.3) is 0 Å². The second-order valence-electron chi connectivity index (χ2n) is 6.81. The van der Waals surface area contributed by atoms with Gasteiger partial charge >= 0.3 is 0 Å². The molecule has 2 heterocycles. The topological polar surface area (TPSA) is 64.3 Å². The smallest absolute Gasteiger partial charge is 0.227 e. The lowest BCUT2D eigenvalue weighted by molar-refractivity contribution is 0.148. The van der Waals surface area contributed by atoms with Gasteiger partial charge in [0, 0.05) is 13.1 Å². The van der Waals surface area contributed by atoms with Crippen molar-refractivity contribution in [2.75, 3.05) is 23.7 Å². The molecule has 112 valence electrons. The highest BCUT2D eigenvalue weighted by atomic mass is 35.5. The van der Waals surface area contributed by atoms with Gasteiger partial charge in [0.05, 0.1) is 12.3 Å². The second-order valence-corrected chi connectivity index (χ2v) is 12.0. The van der Waals surface area contributed by atoms with Gasteiger partial charge in [-0.3, -0.25) is 0 Å². The summed E-state index contributed by atoms with van der Waals surface area (Å²) >= 11 is 5.82. The van der Waals surface area contributed by atoms with E-state index in [-0.39, 0.29) is 11.1 Å². The van der Waals surface area contributed by atoms with E-state index >= 15 is 0 Å². The minimum Gasteiger partial charge on any atom is -0.410 e. The number of nitrogens with zero attached hydrogens (tertiary/aromatic N) is 3. The van der Waals surface area contributed by atoms with Crippen LogP contribution in [-0.4, -0.2) is 37.5 Å². The maximum absolute atomic E-state index is 6.33. The maximum Gasteiger partial charge on any atom is 0.227 e. The van der Waals surface area contributed by atoms with Gasteiger partial charge in [-0.15, -0.1) is 0 Å². The predicted molar refractivity (Wildman–Crippen MR) is 85.7 cm³/mol. The zero-order valence-electron chi connectivity index (χ0n) is 12.8. The van der Waals surface area contributed by atoms with Gasteiger partial charge in [-0.2, -0.15) is 4.98 Å². The van der Waals surface area contributed by atoms with Crippen LogP contribution >= 0.6 is 11.6 Å². The van der Waals surface area contributed by atoms with Crippen molar-refractivity contribution in [3.8, 4) is 0 Å². The van der Waals surface area contributed by atoms with E-state index in [0.29, 0.717) is 16.8 Å². The Labute approximate surface area is 126 Å². The number of aromatic nitrogens is 2. The van der Waals surface area contributed by atoms with Gasteiger partial charge in [0.2, 0.25) is 5.95 Å². The average molecular weight is 315 g/mol. The van der Waals surface area contributed by atoms with Gasteiger partial charge in [0.15, 0.2) is 8.32 Å². The SMILES string of the molecule is CC(C)(C)[Si](C)(C)OC1CN(c2ncc(Cl)c(N)n2)C1. The zero-order chi connectivity index (χ0) is 15.1. The van der Waals surface area contributed by atoms with Gasteiger partial charge in [0.25, 0.3) is 0 Å². The van der Waals surface area contributed by atoms with E-state index in [0.717, 1.165) is 13.1 Å². The molecule has 0 bridgehead atoms. The molecular weight excluding hydrogens is 292 g/mol. The van der Waals surface area contributed by atoms with Gasteiger partial charge in [-0.1, -0.05) is 32.4 Å². The van der Waals surface area contributed by atoms with E-state index in [9.17, 15) is 0 Å². The van der Waals surface area contributed by atoms with Crippen molar-refractivity contribution in [2.45, 2.75) is 45.0 Å². The Morgan fingerprint density at radius 2 is 2.00 bits per heavy atom. The summed E-state index contributed by atoms with van der Waals surface area (Å²) in [7, 11) is -1.70. The summed E-state index contributed by atoms with van der Waals surface area (Å²) in [6.45, 7) is 12.9. The fourth-order valence-electron chi connectivity index (χ4n) is 1.79. The van der Waals surface area contributed by atoms with Crippen LogP contribution < -0.4 is 10.6 Å². The van der Waals surface area contributed by atoms with Crippen molar-refractivity contribution in [3.05, 3.63) is 11.2 Å². The quantitative estimate of drug-likeness (QED) is 0.869. The van der Waals surface area contributed by atoms with Crippen LogP contribution in [0.5, 0.6) is 0 Å². The van der Waals surface area contributed by atoms with Crippen molar-refractivity contribution >= 4 is 31.7 Å². The standard InChI is InChI=1S/C13H23ClN4OSi/c1-13(2,3)20(4,5)19-9-7-18(8-9)12-16-6-10(14)11(15)17-12/h6,9H,7-8H2,1-5H3,(H2,15,16,17). The number of rotatable bonds is 3. The first-order valence-corrected chi connectivity index (χ1v) is 10.1. The van der Waals surface area contributed by atoms with Crippen LogP contribution in [0.2, 0.25) is 23.2 Å². The van der Waals surface area contributed by atoms with E-state index in [2.05, 4.69) is 48.7 Å². The molecule has 2 N–H and O–H groups in total. The Hall–Kier alpha value is -0.853. The molecule has 1 aromatic heterocycles. The molecule has 0 saturated carbocycles. The Balaban J connectivity index is 1.93. The average Bonchev–Trinajstić information content (AvgIpc) is 2.25. The van der Waals surface area contributed by atoms with E-state index in [1.807, 2.05) is 0 Å². The Morgan fingerprint density at radius 1 is 1.40 bits per heavy atom. The van der Waals surface area contributed by atoms with E-state index in [4.69, 9.17) is 21.8 Å². The van der Waals surface area contributed by atoms with E-state index in [1.54, 1.807) is 6.20 Å². The lowest BCUT2D eigenvalue weighted by Crippen LogP contribution is -2.58. The fraction of sp³-hybridized carbons (Fsp3) is 0.692. The molecule has 0 spiro atoms. The number of halogens is 1. The molecule has 0 aromatic carbocycles. The molecular formula is C13H23ClN4OSi. The molecule has 20 heavy (non-hydrogen) atoms. The third-order valence-electron chi connectivity index (χ3n) is 4.16. The Bertz CT molecular complexity index is 498. The van der Waals surface area contributed by atoms with Crippen LogP contribution in [0.15, 0.2) is 6.20 Å². The van der Waals surface area contributed by atoms with Crippen LogP contribution in [0, 0.1) is 0 Å². The largest absolute Gasteiger partial charge is 0.410 e. The van der Waals surface area contributed by atoms with Crippen molar-refractivity contribution in [3.63, 3.8) is 0 Å². The number of nitrogens with two attached hydrogens (primary N) is 1. The Morgan fingerprint density at radius 3 is 2.50 bits per heavy atom. The van der Waals surface area contributed by atoms with Crippen molar-refractivity contribution in [1.29, 1.82) is 0 Å². The summed E-state index contributed by atoms with van der Waals surface area (Å²) in [6, 6.07) is 0. The second kappa shape index (κ2) is 5.16. The molecule has 5 nitrogen and oxygen atoms in total. The van der Waals surface area contributed by atoms with Crippen LogP contribution in [0.3, 0.4) is 0 Å². The lowest BCUT2D eigenvalue weighted by Gasteiger charge is -2.46. The molecule has 2 rings (SSSR count). The summed E-state index contributed by atoms with van der Waals surface area (Å²) in [5.41, 5.74) is 5.70. The molecule has 1 aromatic rings. The molecule has 0 unspecified atom stereocenters. The van der Waals surface area contributed by atoms with Gasteiger partial charge in [0.1, 0.15) is 10.8 Å². The highest BCUT2D eigenvalue weighted by Crippen LogP contribution is 2.38. The summed E-state index contributed by atoms with van der Waals surface area (Å²) in [4.78, 5) is 10.5. The number of hydrogen-bond acceptors (Lipinski definition) is 5. The van der Waals surface area contributed by atoms with E-state index in [1.165, 1.54) is 0 Å². The molecule has 0 aliphatic carbocycles. The normalized spacial score (nSPS) is 17.2. The molecule has 1 aliphatic rings. The first-order valence-electron chi connectivity index (χ1n) is 6.81. The molecule has 1 aliphatic heterocycles. The zero-order valence-corrected chi connectivity index (χ0v) is 14.5. The molecule has 0 radical (unpaired) electrons. The minimum absolute atomic E-state index is 0.231. The van der Waals surface area contributed by atoms with Crippen LogP contribution in [-0.2, 0) is 4.43 Å². The summed E-state index contributed by atoms with van der Waals surface area (Å²) in [5.74, 6) is 0.951. The highest BCUT2D eigenvalue weighted by molar-refractivity contribution is 6.74. The van der Waals surface area contributed by atoms with E-state index < -0.39 is 8.32 Å². The molecule has 0 amide bonds. The molecule has 0 atom stereocenters. The van der Waals surface area contributed by atoms with Crippen molar-refractivity contribution in [1.82, 2.24) is 9.97 Å². The third kappa shape index (κ3) is 3.07. The first kappa shape index (κ1) is 15.5. The molecule has 7 heteroatoms. The molecule has 1 saturated heterocycles. The first-order chi connectivity index (χ1) is 9.10. The number of hydrogen-bond donors (Lipinski definition) is 1. The van der Waals surface area contributed by atoms with Crippen molar-refractivity contribution in [2.24, 2.45) is 0 Å². The van der Waals surface area contributed by atoms with Crippen molar-refractivity contribution < 1.29 is 4.43 Å². The molecule has 1 fully saturated rings. The summed E-state index contributed by atoms with van der Waals surface area (Å²) < 4.78 is 6.33. The van der Waals surface area contributed by atoms with Crippen LogP contribution in [0.1, 0.15) is 20.8 Å². The van der Waals surface area contributed by atoms with Gasteiger partial charge < -0.3 is 15.1 Å². The third-order valence-corrected chi connectivity index (χ3v) is 8.98. The monoisotopic (exact) mass is 314 g/mol. The van der Waals surface area contributed by atoms with Crippen LogP contribution in [0.4, 0.5) is 11.8 Å². The number of anilines is 2. The van der Waals surface area contributed by atoms with Gasteiger partial charge in [-0.05, 0) is 18.1 Å². The minimum atomic E-state index is -1.70.